The van der Waals surface area contributed by atoms with Crippen LogP contribution >= 0.6 is 68.0 Å². The van der Waals surface area contributed by atoms with Crippen molar-refractivity contribution in [1.82, 2.24) is 50.4 Å². The highest BCUT2D eigenvalue weighted by Crippen LogP contribution is 2.44. The summed E-state index contributed by atoms with van der Waals surface area (Å²) in [5.41, 5.74) is 15.5. The highest BCUT2D eigenvalue weighted by atomic mass is 32.1. The van der Waals surface area contributed by atoms with Gasteiger partial charge in [0.05, 0.1) is 36.2 Å². The summed E-state index contributed by atoms with van der Waals surface area (Å²) in [4.78, 5) is 145. The van der Waals surface area contributed by atoms with E-state index in [9.17, 15) is 39.0 Å². The number of aryl methyl sites for hydroxylation is 2. The molecule has 0 radical (unpaired) electrons. The van der Waals surface area contributed by atoms with E-state index >= 15 is 9.59 Å². The number of carboxylic acids is 1. The van der Waals surface area contributed by atoms with Crippen molar-refractivity contribution in [3.05, 3.63) is 153 Å². The number of primary amides is 2. The van der Waals surface area contributed by atoms with Crippen LogP contribution in [0.2, 0.25) is 0 Å². The number of Topliss-reactive ketones (excluding diaryl/α,β-unsaturated/α-hetero) is 1. The van der Waals surface area contributed by atoms with Crippen molar-refractivity contribution in [2.75, 3.05) is 6.54 Å². The van der Waals surface area contributed by atoms with Crippen LogP contribution in [0.4, 0.5) is 0 Å². The van der Waals surface area contributed by atoms with Crippen LogP contribution in [0, 0.1) is 19.8 Å². The predicted octanol–water partition coefficient (Wildman–Crippen LogP) is 9.07. The fraction of sp³-hybridized carbons (Fsp3) is 0.295. The molecule has 2 aromatic carbocycles. The molecule has 5 amide bonds. The monoisotopic (exact) mass is 1320 g/mol. The van der Waals surface area contributed by atoms with Crippen LogP contribution in [-0.4, -0.2) is 116 Å². The molecule has 1 saturated heterocycles. The number of ether oxygens (including phenoxy) is 1. The summed E-state index contributed by atoms with van der Waals surface area (Å²) in [6.45, 7) is 5.34. The first-order valence-electron chi connectivity index (χ1n) is 28.3. The summed E-state index contributed by atoms with van der Waals surface area (Å²) in [6.07, 6.45) is -2.84. The molecule has 11 rings (SSSR count). The number of pyridine rings is 1. The fourth-order valence-electron chi connectivity index (χ4n) is 10.5. The Kier molecular flexibility index (Phi) is 19.0. The van der Waals surface area contributed by atoms with Crippen molar-refractivity contribution in [1.29, 1.82) is 0 Å². The highest BCUT2D eigenvalue weighted by molar-refractivity contribution is 7.15. The maximum absolute atomic E-state index is 15.3. The van der Waals surface area contributed by atoms with E-state index in [4.69, 9.17) is 46.1 Å². The number of rotatable bonds is 14. The van der Waals surface area contributed by atoms with Gasteiger partial charge >= 0.3 is 11.9 Å². The van der Waals surface area contributed by atoms with Crippen LogP contribution in [0.3, 0.4) is 0 Å². The number of carboxylic acid groups (broad SMARTS) is 1. The number of aliphatic hydroxyl groups excluding tert-OH is 1. The number of thiazole rings is 6. The Labute approximate surface area is 537 Å². The lowest BCUT2D eigenvalue weighted by Gasteiger charge is -2.29. The lowest BCUT2D eigenvalue weighted by Crippen LogP contribution is -2.50. The largest absolute Gasteiger partial charge is 0.481 e. The molecular formula is C61H56N12O11S6. The Bertz CT molecular complexity index is 4210. The van der Waals surface area contributed by atoms with E-state index in [2.05, 4.69) is 15.6 Å². The molecule has 0 saturated carbocycles. The van der Waals surface area contributed by atoms with Gasteiger partial charge in [0.15, 0.2) is 5.78 Å². The van der Waals surface area contributed by atoms with Crippen molar-refractivity contribution in [3.63, 3.8) is 0 Å². The zero-order chi connectivity index (χ0) is 63.5. The zero-order valence-electron chi connectivity index (χ0n) is 48.2. The normalized spacial score (nSPS) is 19.1. The molecule has 7 aromatic heterocycles. The van der Waals surface area contributed by atoms with Crippen molar-refractivity contribution >= 4 is 115 Å². The molecule has 0 aliphatic carbocycles. The van der Waals surface area contributed by atoms with Crippen molar-refractivity contribution in [2.45, 2.75) is 102 Å². The summed E-state index contributed by atoms with van der Waals surface area (Å²) in [6, 6.07) is 16.5. The first-order valence-corrected chi connectivity index (χ1v) is 33.5. The van der Waals surface area contributed by atoms with Gasteiger partial charge in [-0.15, -0.1) is 68.0 Å². The van der Waals surface area contributed by atoms with E-state index in [-0.39, 0.29) is 71.4 Å². The van der Waals surface area contributed by atoms with Crippen molar-refractivity contribution in [2.24, 2.45) is 17.4 Å². The maximum atomic E-state index is 15.3. The molecule has 0 unspecified atom stereocenters. The van der Waals surface area contributed by atoms with Crippen LogP contribution in [0.1, 0.15) is 148 Å². The molecular weight excluding hydrogens is 1270 g/mol. The van der Waals surface area contributed by atoms with Gasteiger partial charge in [-0.05, 0) is 49.9 Å². The lowest BCUT2D eigenvalue weighted by molar-refractivity contribution is -0.151. The molecule has 8 N–H and O–H groups in total. The molecule has 9 aromatic rings. The summed E-state index contributed by atoms with van der Waals surface area (Å²) in [7, 11) is 0. The summed E-state index contributed by atoms with van der Waals surface area (Å²) in [5, 5.41) is 37.0. The minimum Gasteiger partial charge on any atom is -0.481 e. The lowest BCUT2D eigenvalue weighted by atomic mass is 9.90. The molecule has 1 fully saturated rings. The number of nitrogens with zero attached hydrogens (tertiary/aromatic N) is 8. The smallest absolute Gasteiger partial charge is 0.306 e. The molecule has 7 atom stereocenters. The van der Waals surface area contributed by atoms with Gasteiger partial charge in [0.25, 0.3) is 17.7 Å². The zero-order valence-corrected chi connectivity index (χ0v) is 53.1. The molecule has 10 bridgehead atoms. The molecule has 9 heterocycles. The number of ketones is 1. The van der Waals surface area contributed by atoms with E-state index in [0.29, 0.717) is 58.8 Å². The third-order valence-corrected chi connectivity index (χ3v) is 20.8. The number of amides is 5. The third kappa shape index (κ3) is 14.0. The van der Waals surface area contributed by atoms with E-state index in [1.807, 2.05) is 43.5 Å². The number of nitrogens with two attached hydrogens (primary N) is 2. The number of benzene rings is 2. The molecule has 90 heavy (non-hydrogen) atoms. The van der Waals surface area contributed by atoms with Gasteiger partial charge in [-0.3, -0.25) is 38.4 Å². The molecule has 23 nitrogen and oxygen atoms in total. The number of aromatic nitrogens is 7. The second-order valence-corrected chi connectivity index (χ2v) is 27.2. The number of fused-ring (bicyclic) bond motifs is 16. The Hall–Kier alpha value is -8.71. The Morgan fingerprint density at radius 2 is 1.32 bits per heavy atom. The molecule has 0 spiro atoms. The molecule has 2 aliphatic heterocycles. The number of nitrogens with one attached hydrogen (secondary N) is 2. The van der Waals surface area contributed by atoms with Crippen LogP contribution in [0.25, 0.3) is 43.4 Å². The topological polar surface area (TPSA) is 356 Å². The average Bonchev–Trinajstić information content (AvgIpc) is 1.71. The first kappa shape index (κ1) is 62.9. The van der Waals surface area contributed by atoms with Gasteiger partial charge in [0.2, 0.25) is 11.8 Å². The Morgan fingerprint density at radius 3 is 2.06 bits per heavy atom. The van der Waals surface area contributed by atoms with Crippen molar-refractivity contribution < 1.29 is 53.3 Å². The summed E-state index contributed by atoms with van der Waals surface area (Å²) >= 11 is 6.96. The van der Waals surface area contributed by atoms with Gasteiger partial charge in [-0.1, -0.05) is 67.1 Å². The quantitative estimate of drug-likeness (QED) is 0.0436. The summed E-state index contributed by atoms with van der Waals surface area (Å²) < 4.78 is 6.26. The average molecular weight is 1330 g/mol. The van der Waals surface area contributed by atoms with Crippen LogP contribution < -0.4 is 22.1 Å². The minimum atomic E-state index is -1.21. The fourth-order valence-corrected chi connectivity index (χ4v) is 15.9. The third-order valence-electron chi connectivity index (χ3n) is 15.2. The van der Waals surface area contributed by atoms with Gasteiger partial charge in [0, 0.05) is 75.5 Å². The van der Waals surface area contributed by atoms with Gasteiger partial charge in [-0.2, -0.15) is 0 Å². The highest BCUT2D eigenvalue weighted by Gasteiger charge is 2.46. The predicted molar refractivity (Wildman–Crippen MR) is 339 cm³/mol. The number of carbonyl (C=O) groups is 8. The standard InChI is InChI=1S/C61H56N12O11S6/c1-28-13-15-31(16-14-28)19-37-61(83)73-22-44(75)29(2)50(73)60-71-42(27-89-60)58-67-38(23-87-58)49-33(17-18-35(64-49)57-68-39(24-88-57)52(63)80)55-69-40(25-85-55)53(81)65-36(21-45(62)76)59-72-48(30(3)90-59)43(74)20-34(56-70-41(26-86-56)54(82)66-37)51(32-9-5-4-6-10-32)84-47(79)12-8-7-11-46(77)78/h4-6,9-10,13-18,23-27,29,34,36-37,44,50-51,75H,7-8,11-12,19-22H2,1-3H3,(H2,62,76)(H2,63,80)(H,65,81)(H,66,82)(H,77,78)/t29-,34-,36-,37-,44-,50-,51+/m0/s1. The summed E-state index contributed by atoms with van der Waals surface area (Å²) in [5.74, 6) is -7.24. The van der Waals surface area contributed by atoms with Crippen LogP contribution in [0.5, 0.6) is 0 Å². The maximum Gasteiger partial charge on any atom is 0.306 e. The minimum absolute atomic E-state index is 0.0202. The second kappa shape index (κ2) is 27.2. The number of hydrogen-bond donors (Lipinski definition) is 6. The van der Waals surface area contributed by atoms with E-state index in [1.54, 1.807) is 59.7 Å². The number of aliphatic hydroxyl groups is 1. The van der Waals surface area contributed by atoms with Gasteiger partial charge < -0.3 is 42.0 Å². The molecule has 462 valence electrons. The molecule has 2 aliphatic rings. The number of carbonyl (C=O) groups excluding carboxylic acids is 7. The number of hydrogen-bond acceptors (Lipinski definition) is 23. The van der Waals surface area contributed by atoms with Crippen LogP contribution in [0.15, 0.2) is 93.6 Å². The first-order chi connectivity index (χ1) is 43.2. The van der Waals surface area contributed by atoms with Gasteiger partial charge in [-0.25, -0.2) is 34.9 Å². The SMILES string of the molecule is Cc1ccc(C[C@@H]2NC(=O)c3csc(n3)[C@H]([C@H](OC(=O)CCCCC(=O)O)c3ccccc3)CC(=O)c3nc(sc3C)[C@H](CC(N)=O)NC(=O)c3csc(n3)-c3ccc(-c4nc(C(N)=O)cs4)nc3-c3csc(n3)-c3csc(n3)[C@@H]3[C@@H](C)[C@@H](O)CN3C2=O)cc1. The van der Waals surface area contributed by atoms with E-state index < -0.39 is 102 Å². The Morgan fingerprint density at radius 1 is 0.678 bits per heavy atom. The van der Waals surface area contributed by atoms with Crippen molar-refractivity contribution in [3.8, 4) is 43.4 Å². The molecule has 29 heteroatoms. The van der Waals surface area contributed by atoms with Gasteiger partial charge in [0.1, 0.15) is 82.0 Å². The van der Waals surface area contributed by atoms with E-state index in [0.717, 1.165) is 45.1 Å². The number of esters is 1. The second-order valence-electron chi connectivity index (χ2n) is 21.6. The number of aliphatic carboxylic acids is 1. The van der Waals surface area contributed by atoms with E-state index in [1.165, 1.54) is 50.2 Å². The number of unbranched alkanes of at least 4 members (excludes halogenated alkanes) is 1. The Balaban J connectivity index is 1.02. The van der Waals surface area contributed by atoms with Crippen LogP contribution in [-0.2, 0) is 30.3 Å².